The van der Waals surface area contributed by atoms with Crippen LogP contribution in [-0.4, -0.2) is 36.7 Å². The van der Waals surface area contributed by atoms with E-state index in [0.29, 0.717) is 12.1 Å². The molecule has 1 aliphatic carbocycles. The number of likely N-dealkylation sites (tertiary alicyclic amines) is 1. The zero-order valence-electron chi connectivity index (χ0n) is 12.6. The predicted molar refractivity (Wildman–Crippen MR) is 82.2 cm³/mol. The van der Waals surface area contributed by atoms with Crippen molar-refractivity contribution in [1.82, 2.24) is 10.2 Å². The molecule has 3 nitrogen and oxygen atoms in total. The average molecular weight is 274 g/mol. The third-order valence-corrected chi connectivity index (χ3v) is 4.45. The van der Waals surface area contributed by atoms with Gasteiger partial charge in [-0.1, -0.05) is 18.2 Å². The van der Waals surface area contributed by atoms with Gasteiger partial charge in [-0.2, -0.15) is 0 Å². The molecule has 2 aliphatic rings. The molecule has 1 aromatic rings. The van der Waals surface area contributed by atoms with Crippen LogP contribution in [0.25, 0.3) is 0 Å². The molecule has 0 radical (unpaired) electrons. The highest BCUT2D eigenvalue weighted by molar-refractivity contribution is 5.35. The Morgan fingerprint density at radius 3 is 2.85 bits per heavy atom. The SMILES string of the molecule is CCOc1ccccc1C(C)NC1CCN(C2CC2)C1. The first-order valence-corrected chi connectivity index (χ1v) is 7.99. The Hall–Kier alpha value is -1.06. The van der Waals surface area contributed by atoms with Crippen molar-refractivity contribution >= 4 is 0 Å². The summed E-state index contributed by atoms with van der Waals surface area (Å²) in [4.78, 5) is 2.65. The van der Waals surface area contributed by atoms with Gasteiger partial charge in [-0.15, -0.1) is 0 Å². The number of hydrogen-bond acceptors (Lipinski definition) is 3. The molecule has 1 N–H and O–H groups in total. The summed E-state index contributed by atoms with van der Waals surface area (Å²) in [6.45, 7) is 7.49. The van der Waals surface area contributed by atoms with Gasteiger partial charge >= 0.3 is 0 Å². The Morgan fingerprint density at radius 1 is 1.30 bits per heavy atom. The zero-order valence-corrected chi connectivity index (χ0v) is 12.6. The van der Waals surface area contributed by atoms with Gasteiger partial charge in [-0.05, 0) is 39.2 Å². The minimum Gasteiger partial charge on any atom is -0.494 e. The molecule has 1 aliphatic heterocycles. The maximum absolute atomic E-state index is 5.74. The Kier molecular flexibility index (Phi) is 4.27. The molecule has 2 fully saturated rings. The molecule has 1 heterocycles. The van der Waals surface area contributed by atoms with Gasteiger partial charge in [0.25, 0.3) is 0 Å². The molecule has 1 saturated carbocycles. The predicted octanol–water partition coefficient (Wildman–Crippen LogP) is 2.97. The van der Waals surface area contributed by atoms with Crippen molar-refractivity contribution in [3.05, 3.63) is 29.8 Å². The highest BCUT2D eigenvalue weighted by Crippen LogP contribution is 2.31. The monoisotopic (exact) mass is 274 g/mol. The lowest BCUT2D eigenvalue weighted by atomic mass is 10.1. The van der Waals surface area contributed by atoms with E-state index >= 15 is 0 Å². The molecule has 2 atom stereocenters. The standard InChI is InChI=1S/C17H26N2O/c1-3-20-17-7-5-4-6-16(17)13(2)18-14-10-11-19(12-14)15-8-9-15/h4-7,13-15,18H,3,8-12H2,1-2H3. The van der Waals surface area contributed by atoms with E-state index < -0.39 is 0 Å². The highest BCUT2D eigenvalue weighted by atomic mass is 16.5. The first-order chi connectivity index (χ1) is 9.78. The Balaban J connectivity index is 1.60. The average Bonchev–Trinajstić information content (AvgIpc) is 3.20. The van der Waals surface area contributed by atoms with Crippen molar-refractivity contribution in [2.45, 2.75) is 51.2 Å². The Morgan fingerprint density at radius 2 is 2.10 bits per heavy atom. The van der Waals surface area contributed by atoms with E-state index in [1.54, 1.807) is 0 Å². The summed E-state index contributed by atoms with van der Waals surface area (Å²) < 4.78 is 5.74. The number of hydrogen-bond donors (Lipinski definition) is 1. The lowest BCUT2D eigenvalue weighted by Gasteiger charge is -2.22. The topological polar surface area (TPSA) is 24.5 Å². The molecule has 1 aromatic carbocycles. The number of nitrogens with zero attached hydrogens (tertiary/aromatic N) is 1. The van der Waals surface area contributed by atoms with Gasteiger partial charge in [0, 0.05) is 36.8 Å². The van der Waals surface area contributed by atoms with E-state index in [4.69, 9.17) is 4.74 Å². The van der Waals surface area contributed by atoms with E-state index in [1.165, 1.54) is 37.9 Å². The summed E-state index contributed by atoms with van der Waals surface area (Å²) in [5.41, 5.74) is 1.28. The van der Waals surface area contributed by atoms with Crippen LogP contribution in [0.2, 0.25) is 0 Å². The molecule has 1 saturated heterocycles. The van der Waals surface area contributed by atoms with Crippen LogP contribution in [0, 0.1) is 0 Å². The third-order valence-electron chi connectivity index (χ3n) is 4.45. The minimum absolute atomic E-state index is 0.349. The van der Waals surface area contributed by atoms with Crippen molar-refractivity contribution in [3.63, 3.8) is 0 Å². The lowest BCUT2D eigenvalue weighted by molar-refractivity contribution is 0.310. The van der Waals surface area contributed by atoms with E-state index in [0.717, 1.165) is 18.4 Å². The van der Waals surface area contributed by atoms with Gasteiger partial charge in [0.05, 0.1) is 6.61 Å². The number of rotatable bonds is 6. The summed E-state index contributed by atoms with van der Waals surface area (Å²) in [7, 11) is 0. The fraction of sp³-hybridized carbons (Fsp3) is 0.647. The lowest BCUT2D eigenvalue weighted by Crippen LogP contribution is -2.35. The maximum Gasteiger partial charge on any atom is 0.124 e. The summed E-state index contributed by atoms with van der Waals surface area (Å²) in [6, 6.07) is 10.3. The van der Waals surface area contributed by atoms with Crippen molar-refractivity contribution in [1.29, 1.82) is 0 Å². The van der Waals surface area contributed by atoms with Crippen LogP contribution in [0.4, 0.5) is 0 Å². The van der Waals surface area contributed by atoms with Gasteiger partial charge in [0.15, 0.2) is 0 Å². The van der Waals surface area contributed by atoms with Crippen molar-refractivity contribution in [2.24, 2.45) is 0 Å². The summed E-state index contributed by atoms with van der Waals surface area (Å²) >= 11 is 0. The molecule has 3 heteroatoms. The molecule has 110 valence electrons. The first-order valence-electron chi connectivity index (χ1n) is 7.99. The summed E-state index contributed by atoms with van der Waals surface area (Å²) in [6.07, 6.45) is 4.10. The van der Waals surface area contributed by atoms with Gasteiger partial charge in [-0.25, -0.2) is 0 Å². The fourth-order valence-electron chi connectivity index (χ4n) is 3.26. The van der Waals surface area contributed by atoms with E-state index in [9.17, 15) is 0 Å². The second-order valence-corrected chi connectivity index (χ2v) is 6.07. The minimum atomic E-state index is 0.349. The van der Waals surface area contributed by atoms with E-state index in [1.807, 2.05) is 13.0 Å². The first kappa shape index (κ1) is 13.9. The molecule has 0 spiro atoms. The van der Waals surface area contributed by atoms with Crippen molar-refractivity contribution in [2.75, 3.05) is 19.7 Å². The highest BCUT2D eigenvalue weighted by Gasteiger charge is 2.34. The van der Waals surface area contributed by atoms with Crippen LogP contribution in [-0.2, 0) is 0 Å². The second-order valence-electron chi connectivity index (χ2n) is 6.07. The molecular weight excluding hydrogens is 248 g/mol. The number of benzene rings is 1. The molecule has 2 unspecified atom stereocenters. The number of para-hydroxylation sites is 1. The van der Waals surface area contributed by atoms with Crippen LogP contribution in [0.5, 0.6) is 5.75 Å². The largest absolute Gasteiger partial charge is 0.494 e. The van der Waals surface area contributed by atoms with E-state index in [-0.39, 0.29) is 0 Å². The van der Waals surface area contributed by atoms with Crippen LogP contribution in [0.15, 0.2) is 24.3 Å². The van der Waals surface area contributed by atoms with Crippen molar-refractivity contribution < 1.29 is 4.74 Å². The van der Waals surface area contributed by atoms with Crippen LogP contribution < -0.4 is 10.1 Å². The quantitative estimate of drug-likeness (QED) is 0.863. The zero-order chi connectivity index (χ0) is 13.9. The van der Waals surface area contributed by atoms with Gasteiger partial charge in [0.1, 0.15) is 5.75 Å². The Bertz CT molecular complexity index is 444. The molecule has 0 bridgehead atoms. The Labute approximate surface area is 122 Å². The number of nitrogens with one attached hydrogen (secondary N) is 1. The molecule has 0 aromatic heterocycles. The number of ether oxygens (including phenoxy) is 1. The van der Waals surface area contributed by atoms with Crippen LogP contribution >= 0.6 is 0 Å². The van der Waals surface area contributed by atoms with Crippen molar-refractivity contribution in [3.8, 4) is 5.75 Å². The van der Waals surface area contributed by atoms with Crippen LogP contribution in [0.3, 0.4) is 0 Å². The maximum atomic E-state index is 5.74. The molecule has 0 amide bonds. The van der Waals surface area contributed by atoms with Gasteiger partial charge in [0.2, 0.25) is 0 Å². The normalized spacial score (nSPS) is 24.8. The molecule has 3 rings (SSSR count). The second kappa shape index (κ2) is 6.15. The van der Waals surface area contributed by atoms with E-state index in [2.05, 4.69) is 35.3 Å². The van der Waals surface area contributed by atoms with Crippen LogP contribution in [0.1, 0.15) is 44.7 Å². The third kappa shape index (κ3) is 3.15. The smallest absolute Gasteiger partial charge is 0.124 e. The summed E-state index contributed by atoms with van der Waals surface area (Å²) in [5, 5.41) is 3.78. The van der Waals surface area contributed by atoms with Gasteiger partial charge < -0.3 is 10.1 Å². The summed E-state index contributed by atoms with van der Waals surface area (Å²) in [5.74, 6) is 1.02. The fourth-order valence-corrected chi connectivity index (χ4v) is 3.26. The molecular formula is C17H26N2O. The molecule has 20 heavy (non-hydrogen) atoms. The van der Waals surface area contributed by atoms with Gasteiger partial charge in [-0.3, -0.25) is 4.90 Å².